The van der Waals surface area contributed by atoms with Crippen LogP contribution in [-0.2, 0) is 4.79 Å². The van der Waals surface area contributed by atoms with Crippen molar-refractivity contribution < 1.29 is 18.0 Å². The maximum atomic E-state index is 11.8. The Bertz CT molecular complexity index is 358. The Kier molecular flexibility index (Phi) is 4.57. The summed E-state index contributed by atoms with van der Waals surface area (Å²) >= 11 is -0.239. The van der Waals surface area contributed by atoms with Crippen LogP contribution in [0.3, 0.4) is 0 Å². The molecule has 0 aliphatic rings. The highest BCUT2D eigenvalue weighted by molar-refractivity contribution is 7.89. The molecule has 6 heteroatoms. The first-order chi connectivity index (χ1) is 7.56. The number of carboxylic acid groups (broad SMARTS) is 1. The zero-order valence-electron chi connectivity index (χ0n) is 8.59. The largest absolute Gasteiger partial charge is 0.480 e. The van der Waals surface area contributed by atoms with Gasteiger partial charge in [-0.25, -0.2) is 0 Å². The van der Waals surface area contributed by atoms with E-state index in [0.29, 0.717) is 5.75 Å². The van der Waals surface area contributed by atoms with E-state index in [1.807, 2.05) is 0 Å². The highest BCUT2D eigenvalue weighted by Gasteiger charge is 2.21. The average molecular weight is 245 g/mol. The molecule has 1 aromatic rings. The number of halogens is 1. The van der Waals surface area contributed by atoms with Gasteiger partial charge in [0.15, 0.2) is 0 Å². The number of carbonyl (C=O) groups is 1. The SMILES string of the molecule is C[C@@H](c1ccc(OSF)cc1)C(N)C(=O)O. The second-order valence-corrected chi connectivity index (χ2v) is 3.66. The number of hydrogen-bond donors (Lipinski definition) is 2. The summed E-state index contributed by atoms with van der Waals surface area (Å²) in [6, 6.07) is 5.50. The van der Waals surface area contributed by atoms with Crippen LogP contribution in [0.5, 0.6) is 5.75 Å². The number of carboxylic acids is 1. The summed E-state index contributed by atoms with van der Waals surface area (Å²) in [5.41, 5.74) is 6.26. The van der Waals surface area contributed by atoms with Crippen LogP contribution in [0.2, 0.25) is 0 Å². The van der Waals surface area contributed by atoms with Crippen molar-refractivity contribution in [1.29, 1.82) is 0 Å². The van der Waals surface area contributed by atoms with Gasteiger partial charge in [-0.2, -0.15) is 0 Å². The van der Waals surface area contributed by atoms with E-state index in [1.54, 1.807) is 31.2 Å². The van der Waals surface area contributed by atoms with Crippen molar-refractivity contribution >= 4 is 18.4 Å². The topological polar surface area (TPSA) is 72.5 Å². The van der Waals surface area contributed by atoms with E-state index in [-0.39, 0.29) is 18.3 Å². The lowest BCUT2D eigenvalue weighted by molar-refractivity contribution is -0.139. The molecule has 4 nitrogen and oxygen atoms in total. The first-order valence-electron chi connectivity index (χ1n) is 4.60. The van der Waals surface area contributed by atoms with Gasteiger partial charge in [-0.05, 0) is 17.7 Å². The van der Waals surface area contributed by atoms with Crippen LogP contribution in [0, 0.1) is 0 Å². The molecule has 1 rings (SSSR count). The molecule has 1 unspecified atom stereocenters. The van der Waals surface area contributed by atoms with E-state index in [2.05, 4.69) is 4.18 Å². The molecule has 0 saturated carbocycles. The first-order valence-corrected chi connectivity index (χ1v) is 5.24. The van der Waals surface area contributed by atoms with Crippen LogP contribution in [0.4, 0.5) is 3.89 Å². The summed E-state index contributed by atoms with van der Waals surface area (Å²) in [5, 5.41) is 8.75. The Balaban J connectivity index is 2.77. The van der Waals surface area contributed by atoms with Crippen molar-refractivity contribution in [2.45, 2.75) is 18.9 Å². The monoisotopic (exact) mass is 245 g/mol. The lowest BCUT2D eigenvalue weighted by atomic mass is 9.94. The number of hydrogen-bond acceptors (Lipinski definition) is 4. The summed E-state index contributed by atoms with van der Waals surface area (Å²) in [5.74, 6) is -0.996. The second-order valence-electron chi connectivity index (χ2n) is 3.37. The highest BCUT2D eigenvalue weighted by atomic mass is 32.2. The van der Waals surface area contributed by atoms with Gasteiger partial charge >= 0.3 is 5.97 Å². The minimum atomic E-state index is -1.05. The number of rotatable bonds is 5. The smallest absolute Gasteiger partial charge is 0.321 e. The van der Waals surface area contributed by atoms with Crippen molar-refractivity contribution in [2.24, 2.45) is 5.73 Å². The lowest BCUT2D eigenvalue weighted by Crippen LogP contribution is -2.35. The third-order valence-corrected chi connectivity index (χ3v) is 2.61. The van der Waals surface area contributed by atoms with E-state index in [9.17, 15) is 8.68 Å². The van der Waals surface area contributed by atoms with Gasteiger partial charge in [-0.15, -0.1) is 3.89 Å². The van der Waals surface area contributed by atoms with Gasteiger partial charge in [-0.3, -0.25) is 4.79 Å². The number of nitrogens with two attached hydrogens (primary N) is 1. The van der Waals surface area contributed by atoms with E-state index in [1.165, 1.54) is 0 Å². The van der Waals surface area contributed by atoms with Gasteiger partial charge in [0.25, 0.3) is 12.4 Å². The normalized spacial score (nSPS) is 14.2. The second kappa shape index (κ2) is 5.72. The molecule has 0 aliphatic carbocycles. The van der Waals surface area contributed by atoms with E-state index >= 15 is 0 Å². The Labute approximate surface area is 97.1 Å². The van der Waals surface area contributed by atoms with Crippen molar-refractivity contribution in [3.8, 4) is 5.75 Å². The fourth-order valence-electron chi connectivity index (χ4n) is 1.28. The fourth-order valence-corrected chi connectivity index (χ4v) is 1.47. The van der Waals surface area contributed by atoms with E-state index in [0.717, 1.165) is 5.56 Å². The molecule has 0 aromatic heterocycles. The van der Waals surface area contributed by atoms with Gasteiger partial charge in [0.05, 0.1) is 0 Å². The zero-order valence-corrected chi connectivity index (χ0v) is 9.41. The van der Waals surface area contributed by atoms with Crippen LogP contribution in [0.15, 0.2) is 24.3 Å². The van der Waals surface area contributed by atoms with Crippen LogP contribution < -0.4 is 9.92 Å². The summed E-state index contributed by atoms with van der Waals surface area (Å²) in [6.45, 7) is 1.72. The lowest BCUT2D eigenvalue weighted by Gasteiger charge is -2.16. The average Bonchev–Trinajstić information content (AvgIpc) is 2.28. The molecule has 2 atom stereocenters. The molecule has 3 N–H and O–H groups in total. The molecule has 0 fully saturated rings. The molecular weight excluding hydrogens is 233 g/mol. The Morgan fingerprint density at radius 3 is 2.50 bits per heavy atom. The molecule has 0 radical (unpaired) electrons. The molecule has 0 amide bonds. The Morgan fingerprint density at radius 2 is 2.06 bits per heavy atom. The predicted molar refractivity (Wildman–Crippen MR) is 59.8 cm³/mol. The molecule has 0 saturated heterocycles. The van der Waals surface area contributed by atoms with E-state index in [4.69, 9.17) is 10.8 Å². The molecule has 0 bridgehead atoms. The van der Waals surface area contributed by atoms with Crippen molar-refractivity contribution in [1.82, 2.24) is 0 Å². The summed E-state index contributed by atoms with van der Waals surface area (Å²) < 4.78 is 16.3. The summed E-state index contributed by atoms with van der Waals surface area (Å²) in [6.07, 6.45) is 0. The molecule has 88 valence electrons. The molecule has 0 heterocycles. The Morgan fingerprint density at radius 1 is 1.50 bits per heavy atom. The predicted octanol–water partition coefficient (Wildman–Crippen LogP) is 2.11. The van der Waals surface area contributed by atoms with Gasteiger partial charge < -0.3 is 15.0 Å². The minimum absolute atomic E-state index is 0.239. The van der Waals surface area contributed by atoms with Crippen LogP contribution in [-0.4, -0.2) is 17.1 Å². The molecule has 16 heavy (non-hydrogen) atoms. The minimum Gasteiger partial charge on any atom is -0.480 e. The maximum Gasteiger partial charge on any atom is 0.321 e. The van der Waals surface area contributed by atoms with Crippen LogP contribution in [0.25, 0.3) is 0 Å². The first kappa shape index (κ1) is 12.8. The Hall–Kier alpha value is -1.27. The third kappa shape index (κ3) is 3.11. The van der Waals surface area contributed by atoms with Crippen molar-refractivity contribution in [3.63, 3.8) is 0 Å². The number of aliphatic carboxylic acids is 1. The standard InChI is InChI=1S/C10H12FNO3S/c1-6(9(12)10(13)14)7-2-4-8(5-3-7)15-16-11/h2-6,9H,12H2,1H3,(H,13,14)/t6-,9?/m0/s1. The van der Waals surface area contributed by atoms with Gasteiger partial charge in [0, 0.05) is 5.92 Å². The molecule has 1 aromatic carbocycles. The van der Waals surface area contributed by atoms with Crippen molar-refractivity contribution in [2.75, 3.05) is 0 Å². The van der Waals surface area contributed by atoms with E-state index < -0.39 is 12.0 Å². The van der Waals surface area contributed by atoms with Gasteiger partial charge in [0.2, 0.25) is 0 Å². The van der Waals surface area contributed by atoms with Gasteiger partial charge in [0.1, 0.15) is 11.8 Å². The fraction of sp³-hybridized carbons (Fsp3) is 0.300. The zero-order chi connectivity index (χ0) is 12.1. The third-order valence-electron chi connectivity index (χ3n) is 2.36. The van der Waals surface area contributed by atoms with Crippen molar-refractivity contribution in [3.05, 3.63) is 29.8 Å². The van der Waals surface area contributed by atoms with Crippen LogP contribution in [0.1, 0.15) is 18.4 Å². The maximum absolute atomic E-state index is 11.8. The molecular formula is C10H12FNO3S. The van der Waals surface area contributed by atoms with Crippen LogP contribution >= 0.6 is 12.4 Å². The molecule has 0 aliphatic heterocycles. The summed E-state index contributed by atoms with van der Waals surface area (Å²) in [7, 11) is 0. The molecule has 0 spiro atoms. The van der Waals surface area contributed by atoms with Gasteiger partial charge in [-0.1, -0.05) is 19.1 Å². The quantitative estimate of drug-likeness (QED) is 0.777. The summed E-state index contributed by atoms with van der Waals surface area (Å²) in [4.78, 5) is 10.7. The number of benzene rings is 1. The highest BCUT2D eigenvalue weighted by Crippen LogP contribution is 2.23.